The van der Waals surface area contributed by atoms with Crippen molar-refractivity contribution in [2.75, 3.05) is 11.5 Å². The van der Waals surface area contributed by atoms with E-state index in [1.807, 2.05) is 0 Å². The predicted molar refractivity (Wildman–Crippen MR) is 62.6 cm³/mol. The van der Waals surface area contributed by atoms with Crippen molar-refractivity contribution in [1.29, 1.82) is 0 Å². The van der Waals surface area contributed by atoms with Gasteiger partial charge in [0.2, 0.25) is 5.52 Å². The van der Waals surface area contributed by atoms with E-state index < -0.39 is 4.92 Å². The first kappa shape index (κ1) is 12.7. The summed E-state index contributed by atoms with van der Waals surface area (Å²) in [6.07, 6.45) is 8.00. The number of fused-ring (bicyclic) bond motifs is 1. The van der Waals surface area contributed by atoms with Gasteiger partial charge in [0.15, 0.2) is 5.52 Å². The molecule has 1 heterocycles. The summed E-state index contributed by atoms with van der Waals surface area (Å²) in [4.78, 5) is 10.1. The molecule has 17 heavy (non-hydrogen) atoms. The van der Waals surface area contributed by atoms with Gasteiger partial charge in [-0.3, -0.25) is 14.5 Å². The topological polar surface area (TPSA) is 85.3 Å². The lowest BCUT2D eigenvalue weighted by Crippen LogP contribution is -2.02. The Kier molecular flexibility index (Phi) is 3.85. The number of benzene rings is 1. The minimum Gasteiger partial charge on any atom is -0.286 e. The minimum absolute atomic E-state index is 0.0880. The summed E-state index contributed by atoms with van der Waals surface area (Å²) >= 11 is 5.72. The SMILES string of the molecule is C#C.CN(Cl)c1ccc([N+](=O)[O-])c2nonc12. The number of rotatable bonds is 2. The van der Waals surface area contributed by atoms with Gasteiger partial charge in [0.05, 0.1) is 10.6 Å². The van der Waals surface area contributed by atoms with Gasteiger partial charge in [0, 0.05) is 24.9 Å². The lowest BCUT2D eigenvalue weighted by molar-refractivity contribution is -0.383. The molecule has 0 unspecified atom stereocenters. The summed E-state index contributed by atoms with van der Waals surface area (Å²) in [5.74, 6) is 0. The Bertz CT molecular complexity index is 564. The molecular weight excluding hydrogens is 248 g/mol. The van der Waals surface area contributed by atoms with Crippen LogP contribution in [0.4, 0.5) is 11.4 Å². The summed E-state index contributed by atoms with van der Waals surface area (Å²) in [5, 5.41) is 17.7. The summed E-state index contributed by atoms with van der Waals surface area (Å²) in [6, 6.07) is 2.79. The number of hydrogen-bond acceptors (Lipinski definition) is 6. The number of aromatic nitrogens is 2. The first-order chi connectivity index (χ1) is 8.11. The maximum Gasteiger partial charge on any atom is 0.300 e. The van der Waals surface area contributed by atoms with Crippen LogP contribution in [0.25, 0.3) is 11.0 Å². The standard InChI is InChI=1S/C7H5ClN4O3.C2H2/c1-11(8)4-2-3-5(12(13)14)7-6(4)9-15-10-7;1-2/h2-3H,1H3;1-2H. The molecule has 8 heteroatoms. The normalized spacial score (nSPS) is 9.41. The molecule has 0 amide bonds. The molecule has 0 aliphatic heterocycles. The fraction of sp³-hybridized carbons (Fsp3) is 0.111. The van der Waals surface area contributed by atoms with Crippen LogP contribution < -0.4 is 4.42 Å². The summed E-state index contributed by atoms with van der Waals surface area (Å²) in [7, 11) is 1.58. The largest absolute Gasteiger partial charge is 0.300 e. The molecule has 7 nitrogen and oxygen atoms in total. The van der Waals surface area contributed by atoms with E-state index in [0.717, 1.165) is 0 Å². The average molecular weight is 255 g/mol. The molecule has 1 aromatic carbocycles. The van der Waals surface area contributed by atoms with Crippen molar-refractivity contribution in [2.24, 2.45) is 0 Å². The van der Waals surface area contributed by atoms with Gasteiger partial charge < -0.3 is 0 Å². The first-order valence-electron chi connectivity index (χ1n) is 4.23. The second-order valence-electron chi connectivity index (χ2n) is 2.80. The van der Waals surface area contributed by atoms with Crippen LogP contribution in [-0.4, -0.2) is 22.3 Å². The van der Waals surface area contributed by atoms with E-state index in [1.165, 1.54) is 16.6 Å². The fourth-order valence-corrected chi connectivity index (χ4v) is 1.37. The third-order valence-corrected chi connectivity index (χ3v) is 2.08. The van der Waals surface area contributed by atoms with E-state index in [-0.39, 0.29) is 16.7 Å². The van der Waals surface area contributed by atoms with Crippen LogP contribution in [0.15, 0.2) is 16.8 Å². The van der Waals surface area contributed by atoms with Crippen molar-refractivity contribution in [3.8, 4) is 12.8 Å². The fourth-order valence-electron chi connectivity index (χ4n) is 1.24. The number of terminal acetylenes is 1. The van der Waals surface area contributed by atoms with Crippen LogP contribution in [0.5, 0.6) is 0 Å². The van der Waals surface area contributed by atoms with Gasteiger partial charge in [-0.15, -0.1) is 12.8 Å². The Labute approximate surface area is 101 Å². The summed E-state index contributed by atoms with van der Waals surface area (Å²) < 4.78 is 5.72. The molecule has 0 spiro atoms. The second-order valence-corrected chi connectivity index (χ2v) is 3.31. The second kappa shape index (κ2) is 5.14. The summed E-state index contributed by atoms with van der Waals surface area (Å²) in [6.45, 7) is 0. The highest BCUT2D eigenvalue weighted by molar-refractivity contribution is 6.27. The van der Waals surface area contributed by atoms with Gasteiger partial charge in [-0.1, -0.05) is 0 Å². The van der Waals surface area contributed by atoms with Crippen molar-refractivity contribution in [1.82, 2.24) is 10.3 Å². The quantitative estimate of drug-likeness (QED) is 0.352. The Morgan fingerprint density at radius 3 is 2.53 bits per heavy atom. The summed E-state index contributed by atoms with van der Waals surface area (Å²) in [5.41, 5.74) is 0.693. The predicted octanol–water partition coefficient (Wildman–Crippen LogP) is 1.97. The van der Waals surface area contributed by atoms with E-state index in [1.54, 1.807) is 7.05 Å². The van der Waals surface area contributed by atoms with E-state index >= 15 is 0 Å². The maximum absolute atomic E-state index is 10.6. The zero-order chi connectivity index (χ0) is 13.0. The molecule has 0 fully saturated rings. The van der Waals surface area contributed by atoms with Gasteiger partial charge in [-0.05, 0) is 16.4 Å². The molecule has 0 aliphatic carbocycles. The Morgan fingerprint density at radius 1 is 1.41 bits per heavy atom. The molecule has 1 aromatic heterocycles. The molecule has 0 saturated carbocycles. The van der Waals surface area contributed by atoms with Crippen LogP contribution in [0, 0.1) is 23.0 Å². The monoisotopic (exact) mass is 254 g/mol. The molecule has 0 saturated heterocycles. The zero-order valence-corrected chi connectivity index (χ0v) is 9.46. The Morgan fingerprint density at radius 2 is 2.00 bits per heavy atom. The van der Waals surface area contributed by atoms with Crippen LogP contribution >= 0.6 is 11.8 Å². The third-order valence-electron chi connectivity index (χ3n) is 1.90. The van der Waals surface area contributed by atoms with Crippen LogP contribution in [0.3, 0.4) is 0 Å². The van der Waals surface area contributed by atoms with Gasteiger partial charge >= 0.3 is 5.69 Å². The van der Waals surface area contributed by atoms with Crippen LogP contribution in [0.2, 0.25) is 0 Å². The molecule has 0 radical (unpaired) electrons. The van der Waals surface area contributed by atoms with Gasteiger partial charge in [0.1, 0.15) is 0 Å². The molecule has 2 rings (SSSR count). The molecule has 0 bridgehead atoms. The van der Waals surface area contributed by atoms with E-state index in [9.17, 15) is 10.1 Å². The van der Waals surface area contributed by atoms with Gasteiger partial charge in [-0.2, -0.15) is 0 Å². The highest BCUT2D eigenvalue weighted by Crippen LogP contribution is 2.30. The van der Waals surface area contributed by atoms with Crippen molar-refractivity contribution < 1.29 is 9.55 Å². The molecule has 88 valence electrons. The van der Waals surface area contributed by atoms with Crippen LogP contribution in [-0.2, 0) is 0 Å². The minimum atomic E-state index is -0.551. The number of anilines is 1. The maximum atomic E-state index is 10.6. The molecule has 0 aliphatic rings. The number of non-ortho nitro benzene ring substituents is 1. The average Bonchev–Trinajstić information content (AvgIpc) is 2.78. The van der Waals surface area contributed by atoms with Gasteiger partial charge in [0.25, 0.3) is 0 Å². The van der Waals surface area contributed by atoms with Crippen molar-refractivity contribution in [2.45, 2.75) is 0 Å². The smallest absolute Gasteiger partial charge is 0.286 e. The lowest BCUT2D eigenvalue weighted by atomic mass is 10.2. The zero-order valence-electron chi connectivity index (χ0n) is 8.70. The third kappa shape index (κ3) is 2.26. The van der Waals surface area contributed by atoms with Crippen molar-refractivity contribution in [3.05, 3.63) is 22.2 Å². The number of hydrogen-bond donors (Lipinski definition) is 0. The van der Waals surface area contributed by atoms with E-state index in [0.29, 0.717) is 5.69 Å². The highest BCUT2D eigenvalue weighted by atomic mass is 35.5. The number of halogens is 1. The Hall–Kier alpha value is -2.33. The number of nitro benzene ring substituents is 1. The highest BCUT2D eigenvalue weighted by Gasteiger charge is 2.20. The number of nitrogens with zero attached hydrogens (tertiary/aromatic N) is 4. The molecular formula is C9H7ClN4O3. The van der Waals surface area contributed by atoms with Gasteiger partial charge in [-0.25, -0.2) is 4.63 Å². The Balaban J connectivity index is 0.000000686. The lowest BCUT2D eigenvalue weighted by Gasteiger charge is -2.07. The van der Waals surface area contributed by atoms with Crippen molar-refractivity contribution >= 4 is 34.2 Å². The van der Waals surface area contributed by atoms with E-state index in [2.05, 4.69) is 27.8 Å². The molecule has 0 atom stereocenters. The molecule has 2 aromatic rings. The number of nitro groups is 1. The van der Waals surface area contributed by atoms with Crippen LogP contribution in [0.1, 0.15) is 0 Å². The molecule has 0 N–H and O–H groups in total. The first-order valence-corrected chi connectivity index (χ1v) is 4.57. The van der Waals surface area contributed by atoms with E-state index in [4.69, 9.17) is 11.8 Å². The van der Waals surface area contributed by atoms with Crippen molar-refractivity contribution in [3.63, 3.8) is 0 Å².